The van der Waals surface area contributed by atoms with E-state index in [2.05, 4.69) is 21.2 Å². The molecule has 1 saturated carbocycles. The SMILES string of the molecule is CNC1(Cc2cccc(Br)c2O)CC1. The second kappa shape index (κ2) is 3.55. The van der Waals surface area contributed by atoms with Gasteiger partial charge in [-0.2, -0.15) is 0 Å². The number of aromatic hydroxyl groups is 1. The van der Waals surface area contributed by atoms with Gasteiger partial charge in [0.15, 0.2) is 0 Å². The van der Waals surface area contributed by atoms with Crippen molar-refractivity contribution >= 4 is 15.9 Å². The van der Waals surface area contributed by atoms with Crippen LogP contribution in [-0.4, -0.2) is 17.7 Å². The van der Waals surface area contributed by atoms with Crippen LogP contribution in [0.4, 0.5) is 0 Å². The molecule has 2 rings (SSSR count). The van der Waals surface area contributed by atoms with E-state index in [1.54, 1.807) is 0 Å². The number of hydrogen-bond donors (Lipinski definition) is 2. The molecular weight excluding hydrogens is 242 g/mol. The average molecular weight is 256 g/mol. The van der Waals surface area contributed by atoms with Crippen molar-refractivity contribution in [2.24, 2.45) is 0 Å². The minimum atomic E-state index is 0.248. The molecule has 0 atom stereocenters. The van der Waals surface area contributed by atoms with Crippen LogP contribution in [0.3, 0.4) is 0 Å². The molecule has 0 spiro atoms. The molecule has 76 valence electrons. The Morgan fingerprint density at radius 1 is 1.50 bits per heavy atom. The zero-order valence-electron chi connectivity index (χ0n) is 8.18. The number of likely N-dealkylation sites (N-methyl/N-ethyl adjacent to an activating group) is 1. The van der Waals surface area contributed by atoms with Crippen LogP contribution in [0, 0.1) is 0 Å². The molecule has 0 unspecified atom stereocenters. The molecular formula is C11H14BrNO. The summed E-state index contributed by atoms with van der Waals surface area (Å²) in [5.41, 5.74) is 1.27. The molecule has 0 amide bonds. The van der Waals surface area contributed by atoms with Gasteiger partial charge in [0.25, 0.3) is 0 Å². The first-order valence-electron chi connectivity index (χ1n) is 4.82. The summed E-state index contributed by atoms with van der Waals surface area (Å²) in [4.78, 5) is 0. The summed E-state index contributed by atoms with van der Waals surface area (Å²) < 4.78 is 0.780. The predicted molar refractivity (Wildman–Crippen MR) is 60.5 cm³/mol. The molecule has 2 N–H and O–H groups in total. The predicted octanol–water partition coefficient (Wildman–Crippen LogP) is 2.45. The maximum Gasteiger partial charge on any atom is 0.133 e. The molecule has 1 aromatic carbocycles. The minimum absolute atomic E-state index is 0.248. The van der Waals surface area contributed by atoms with Crippen LogP contribution in [-0.2, 0) is 6.42 Å². The van der Waals surface area contributed by atoms with Gasteiger partial charge in [-0.3, -0.25) is 0 Å². The highest BCUT2D eigenvalue weighted by Gasteiger charge is 2.41. The molecule has 14 heavy (non-hydrogen) atoms. The lowest BCUT2D eigenvalue weighted by atomic mass is 10.0. The van der Waals surface area contributed by atoms with Crippen LogP contribution in [0.15, 0.2) is 22.7 Å². The average Bonchev–Trinajstić information content (AvgIpc) is 2.94. The normalized spacial score (nSPS) is 18.1. The zero-order chi connectivity index (χ0) is 10.2. The second-order valence-electron chi connectivity index (χ2n) is 3.95. The maximum atomic E-state index is 9.81. The number of phenols is 1. The summed E-state index contributed by atoms with van der Waals surface area (Å²) in [7, 11) is 1.99. The summed E-state index contributed by atoms with van der Waals surface area (Å²) in [6.45, 7) is 0. The molecule has 0 heterocycles. The molecule has 1 aromatic rings. The number of nitrogens with one attached hydrogen (secondary N) is 1. The van der Waals surface area contributed by atoms with Gasteiger partial charge in [0.2, 0.25) is 0 Å². The Kier molecular flexibility index (Phi) is 2.54. The van der Waals surface area contributed by atoms with Gasteiger partial charge in [-0.25, -0.2) is 0 Å². The van der Waals surface area contributed by atoms with Crippen molar-refractivity contribution in [2.75, 3.05) is 7.05 Å². The smallest absolute Gasteiger partial charge is 0.133 e. The van der Waals surface area contributed by atoms with Crippen molar-refractivity contribution in [1.29, 1.82) is 0 Å². The van der Waals surface area contributed by atoms with Crippen molar-refractivity contribution in [3.63, 3.8) is 0 Å². The van der Waals surface area contributed by atoms with E-state index in [1.807, 2.05) is 25.2 Å². The fourth-order valence-corrected chi connectivity index (χ4v) is 2.14. The lowest BCUT2D eigenvalue weighted by molar-refractivity contribution is 0.454. The molecule has 1 aliphatic rings. The largest absolute Gasteiger partial charge is 0.506 e. The molecule has 0 saturated heterocycles. The first-order valence-corrected chi connectivity index (χ1v) is 5.61. The number of phenolic OH excluding ortho intramolecular Hbond substituents is 1. The van der Waals surface area contributed by atoms with Crippen LogP contribution in [0.5, 0.6) is 5.75 Å². The van der Waals surface area contributed by atoms with Gasteiger partial charge in [0, 0.05) is 5.54 Å². The van der Waals surface area contributed by atoms with E-state index in [0.29, 0.717) is 5.75 Å². The summed E-state index contributed by atoms with van der Waals surface area (Å²) in [6.07, 6.45) is 3.32. The van der Waals surface area contributed by atoms with Crippen LogP contribution in [0.25, 0.3) is 0 Å². The van der Waals surface area contributed by atoms with Gasteiger partial charge in [0.05, 0.1) is 4.47 Å². The van der Waals surface area contributed by atoms with Crippen molar-refractivity contribution < 1.29 is 5.11 Å². The third-order valence-corrected chi connectivity index (χ3v) is 3.62. The third-order valence-electron chi connectivity index (χ3n) is 2.98. The number of para-hydroxylation sites is 1. The standard InChI is InChI=1S/C11H14BrNO/c1-13-11(5-6-11)7-8-3-2-4-9(12)10(8)14/h2-4,13-14H,5-7H2,1H3. The minimum Gasteiger partial charge on any atom is -0.506 e. The van der Waals surface area contributed by atoms with Gasteiger partial charge >= 0.3 is 0 Å². The molecule has 1 aliphatic carbocycles. The number of rotatable bonds is 3. The fourth-order valence-electron chi connectivity index (χ4n) is 1.73. The monoisotopic (exact) mass is 255 g/mol. The first-order chi connectivity index (χ1) is 6.67. The van der Waals surface area contributed by atoms with Gasteiger partial charge in [0.1, 0.15) is 5.75 Å². The van der Waals surface area contributed by atoms with Crippen molar-refractivity contribution in [1.82, 2.24) is 5.32 Å². The summed E-state index contributed by atoms with van der Waals surface area (Å²) >= 11 is 3.33. The molecule has 0 aliphatic heterocycles. The van der Waals surface area contributed by atoms with Crippen LogP contribution in [0.2, 0.25) is 0 Å². The fraction of sp³-hybridized carbons (Fsp3) is 0.455. The number of benzene rings is 1. The molecule has 0 bridgehead atoms. The molecule has 2 nitrogen and oxygen atoms in total. The van der Waals surface area contributed by atoms with Gasteiger partial charge in [-0.05, 0) is 53.9 Å². The second-order valence-corrected chi connectivity index (χ2v) is 4.81. The highest BCUT2D eigenvalue weighted by molar-refractivity contribution is 9.10. The van der Waals surface area contributed by atoms with E-state index in [-0.39, 0.29) is 5.54 Å². The van der Waals surface area contributed by atoms with Crippen LogP contribution in [0.1, 0.15) is 18.4 Å². The molecule has 0 radical (unpaired) electrons. The Labute approximate surface area is 92.5 Å². The van der Waals surface area contributed by atoms with E-state index in [9.17, 15) is 5.11 Å². The van der Waals surface area contributed by atoms with Gasteiger partial charge < -0.3 is 10.4 Å². The van der Waals surface area contributed by atoms with Crippen molar-refractivity contribution in [3.05, 3.63) is 28.2 Å². The van der Waals surface area contributed by atoms with E-state index in [0.717, 1.165) is 16.5 Å². The zero-order valence-corrected chi connectivity index (χ0v) is 9.76. The molecule has 1 fully saturated rings. The Morgan fingerprint density at radius 3 is 2.79 bits per heavy atom. The lowest BCUT2D eigenvalue weighted by Gasteiger charge is -2.15. The molecule has 0 aromatic heterocycles. The summed E-state index contributed by atoms with van der Waals surface area (Å²) in [5, 5.41) is 13.1. The first kappa shape index (κ1) is 9.99. The van der Waals surface area contributed by atoms with E-state index in [4.69, 9.17) is 0 Å². The summed E-state index contributed by atoms with van der Waals surface area (Å²) in [6, 6.07) is 5.81. The Balaban J connectivity index is 2.21. The van der Waals surface area contributed by atoms with Crippen LogP contribution >= 0.6 is 15.9 Å². The number of hydrogen-bond acceptors (Lipinski definition) is 2. The van der Waals surface area contributed by atoms with Crippen molar-refractivity contribution in [2.45, 2.75) is 24.8 Å². The topological polar surface area (TPSA) is 32.3 Å². The van der Waals surface area contributed by atoms with Crippen molar-refractivity contribution in [3.8, 4) is 5.75 Å². The Bertz CT molecular complexity index is 347. The van der Waals surface area contributed by atoms with E-state index in [1.165, 1.54) is 12.8 Å². The van der Waals surface area contributed by atoms with E-state index < -0.39 is 0 Å². The maximum absolute atomic E-state index is 9.81. The number of halogens is 1. The molecule has 3 heteroatoms. The Morgan fingerprint density at radius 2 is 2.21 bits per heavy atom. The highest BCUT2D eigenvalue weighted by atomic mass is 79.9. The van der Waals surface area contributed by atoms with Gasteiger partial charge in [-0.1, -0.05) is 12.1 Å². The third kappa shape index (κ3) is 1.79. The Hall–Kier alpha value is -0.540. The lowest BCUT2D eigenvalue weighted by Crippen LogP contribution is -2.29. The quantitative estimate of drug-likeness (QED) is 0.870. The highest BCUT2D eigenvalue weighted by Crippen LogP contribution is 2.41. The summed E-state index contributed by atoms with van der Waals surface area (Å²) in [5.74, 6) is 0.383. The van der Waals surface area contributed by atoms with Gasteiger partial charge in [-0.15, -0.1) is 0 Å². The van der Waals surface area contributed by atoms with E-state index >= 15 is 0 Å². The van der Waals surface area contributed by atoms with Crippen LogP contribution < -0.4 is 5.32 Å².